The van der Waals surface area contributed by atoms with Crippen LogP contribution in [0, 0.1) is 13.8 Å². The van der Waals surface area contributed by atoms with Crippen LogP contribution in [0.5, 0.6) is 0 Å². The topological polar surface area (TPSA) is 75.7 Å². The molecule has 3 amide bonds. The number of nitrogens with zero attached hydrogens (tertiary/aromatic N) is 1. The van der Waals surface area contributed by atoms with Crippen LogP contribution in [0.4, 0.5) is 0 Å². The molecule has 1 N–H and O–H groups in total. The Morgan fingerprint density at radius 1 is 1.10 bits per heavy atom. The molecule has 2 aromatic rings. The number of carbonyl (C=O) groups excluding carboxylic acids is 3. The lowest BCUT2D eigenvalue weighted by Gasteiger charge is -2.28. The molecule has 31 heavy (non-hydrogen) atoms. The summed E-state index contributed by atoms with van der Waals surface area (Å²) >= 11 is 0. The molecular weight excluding hydrogens is 392 g/mol. The van der Waals surface area contributed by atoms with Gasteiger partial charge in [0.05, 0.1) is 5.41 Å². The van der Waals surface area contributed by atoms with Crippen molar-refractivity contribution in [3.05, 3.63) is 70.8 Å². The Kier molecular flexibility index (Phi) is 7.23. The van der Waals surface area contributed by atoms with Gasteiger partial charge in [0.15, 0.2) is 0 Å². The Hall–Kier alpha value is -2.99. The lowest BCUT2D eigenvalue weighted by Crippen LogP contribution is -2.43. The monoisotopic (exact) mass is 422 g/mol. The van der Waals surface area contributed by atoms with Gasteiger partial charge >= 0.3 is 0 Å². The number of aryl methyl sites for hydroxylation is 2. The van der Waals surface area contributed by atoms with Crippen molar-refractivity contribution in [3.8, 4) is 0 Å². The zero-order valence-corrected chi connectivity index (χ0v) is 18.4. The van der Waals surface area contributed by atoms with Crippen LogP contribution >= 0.6 is 0 Å². The van der Waals surface area contributed by atoms with Gasteiger partial charge in [0.25, 0.3) is 0 Å². The SMILES string of the molecule is COCCCN1C(=O)CC(CC(=O)NCc2ccc(C)cc2)(c2ccccc2C)C1=O. The number of ether oxygens (including phenoxy) is 1. The molecule has 0 aromatic heterocycles. The second kappa shape index (κ2) is 9.88. The summed E-state index contributed by atoms with van der Waals surface area (Å²) in [6.45, 7) is 5.06. The fourth-order valence-electron chi connectivity index (χ4n) is 4.19. The Morgan fingerprint density at radius 2 is 1.81 bits per heavy atom. The number of amides is 3. The number of hydrogen-bond donors (Lipinski definition) is 1. The van der Waals surface area contributed by atoms with Gasteiger partial charge < -0.3 is 10.1 Å². The van der Waals surface area contributed by atoms with Gasteiger partial charge in [-0.05, 0) is 37.0 Å². The van der Waals surface area contributed by atoms with E-state index in [1.165, 1.54) is 4.90 Å². The van der Waals surface area contributed by atoms with Crippen LogP contribution in [0.2, 0.25) is 0 Å². The van der Waals surface area contributed by atoms with Crippen molar-refractivity contribution in [2.24, 2.45) is 0 Å². The Labute approximate surface area is 183 Å². The van der Waals surface area contributed by atoms with Crippen molar-refractivity contribution < 1.29 is 19.1 Å². The number of likely N-dealkylation sites (tertiary alicyclic amines) is 1. The lowest BCUT2D eigenvalue weighted by atomic mass is 9.74. The molecule has 1 aliphatic heterocycles. The predicted molar refractivity (Wildman–Crippen MR) is 118 cm³/mol. The first-order valence-corrected chi connectivity index (χ1v) is 10.6. The van der Waals surface area contributed by atoms with E-state index in [1.54, 1.807) is 7.11 Å². The van der Waals surface area contributed by atoms with Gasteiger partial charge in [-0.3, -0.25) is 19.3 Å². The van der Waals surface area contributed by atoms with E-state index in [4.69, 9.17) is 4.74 Å². The minimum atomic E-state index is -1.17. The molecule has 1 unspecified atom stereocenters. The van der Waals surface area contributed by atoms with Crippen LogP contribution in [0.1, 0.15) is 41.5 Å². The lowest BCUT2D eigenvalue weighted by molar-refractivity contribution is -0.141. The normalized spacial score (nSPS) is 18.5. The van der Waals surface area contributed by atoms with Crippen LogP contribution < -0.4 is 5.32 Å². The minimum Gasteiger partial charge on any atom is -0.385 e. The van der Waals surface area contributed by atoms with Crippen LogP contribution in [0.3, 0.4) is 0 Å². The van der Waals surface area contributed by atoms with Crippen molar-refractivity contribution in [2.75, 3.05) is 20.3 Å². The molecule has 1 aliphatic rings. The van der Waals surface area contributed by atoms with Crippen LogP contribution in [0.25, 0.3) is 0 Å². The summed E-state index contributed by atoms with van der Waals surface area (Å²) in [5, 5.41) is 2.92. The number of nitrogens with one attached hydrogen (secondary N) is 1. The smallest absolute Gasteiger partial charge is 0.240 e. The third kappa shape index (κ3) is 5.02. The largest absolute Gasteiger partial charge is 0.385 e. The van der Waals surface area contributed by atoms with Crippen molar-refractivity contribution in [1.29, 1.82) is 0 Å². The minimum absolute atomic E-state index is 0.00161. The van der Waals surface area contributed by atoms with E-state index in [9.17, 15) is 14.4 Å². The first kappa shape index (κ1) is 22.7. The molecule has 0 bridgehead atoms. The van der Waals surface area contributed by atoms with E-state index in [-0.39, 0.29) is 30.6 Å². The molecule has 1 fully saturated rings. The molecule has 6 nitrogen and oxygen atoms in total. The summed E-state index contributed by atoms with van der Waals surface area (Å²) in [7, 11) is 1.59. The maximum Gasteiger partial charge on any atom is 0.240 e. The van der Waals surface area contributed by atoms with Gasteiger partial charge in [0, 0.05) is 39.6 Å². The van der Waals surface area contributed by atoms with Crippen molar-refractivity contribution in [2.45, 2.75) is 45.1 Å². The maximum atomic E-state index is 13.5. The molecule has 1 atom stereocenters. The average molecular weight is 423 g/mol. The van der Waals surface area contributed by atoms with Crippen LogP contribution in [-0.2, 0) is 31.1 Å². The first-order valence-electron chi connectivity index (χ1n) is 10.6. The third-order valence-corrected chi connectivity index (χ3v) is 5.87. The van der Waals surface area contributed by atoms with Gasteiger partial charge in [-0.2, -0.15) is 0 Å². The molecule has 1 heterocycles. The molecule has 164 valence electrons. The highest BCUT2D eigenvalue weighted by Gasteiger charge is 2.53. The molecule has 0 radical (unpaired) electrons. The number of hydrogen-bond acceptors (Lipinski definition) is 4. The number of rotatable bonds is 9. The highest BCUT2D eigenvalue weighted by atomic mass is 16.5. The Bertz CT molecular complexity index is 954. The summed E-state index contributed by atoms with van der Waals surface area (Å²) in [4.78, 5) is 40.5. The highest BCUT2D eigenvalue weighted by molar-refractivity contribution is 6.10. The standard InChI is InChI=1S/C25H30N2O4/c1-18-9-11-20(12-10-18)17-26-22(28)15-25(21-8-5-4-7-19(21)2)16-23(29)27(24(25)30)13-6-14-31-3/h4-5,7-12H,6,13-17H2,1-3H3,(H,26,28). The first-order chi connectivity index (χ1) is 14.9. The van der Waals surface area contributed by atoms with E-state index < -0.39 is 5.41 Å². The van der Waals surface area contributed by atoms with E-state index >= 15 is 0 Å². The van der Waals surface area contributed by atoms with Crippen molar-refractivity contribution >= 4 is 17.7 Å². The summed E-state index contributed by atoms with van der Waals surface area (Å²) < 4.78 is 5.06. The van der Waals surface area contributed by atoms with Gasteiger partial charge in [0.2, 0.25) is 17.7 Å². The van der Waals surface area contributed by atoms with Gasteiger partial charge in [0.1, 0.15) is 0 Å². The molecule has 0 aliphatic carbocycles. The molecule has 0 saturated carbocycles. The van der Waals surface area contributed by atoms with Gasteiger partial charge in [-0.25, -0.2) is 0 Å². The van der Waals surface area contributed by atoms with Crippen LogP contribution in [0.15, 0.2) is 48.5 Å². The quantitative estimate of drug-likeness (QED) is 0.498. The van der Waals surface area contributed by atoms with E-state index in [2.05, 4.69) is 5.32 Å². The summed E-state index contributed by atoms with van der Waals surface area (Å²) in [5.41, 5.74) is 2.60. The molecule has 0 spiro atoms. The summed E-state index contributed by atoms with van der Waals surface area (Å²) in [6, 6.07) is 15.4. The molecule has 2 aromatic carbocycles. The fourth-order valence-corrected chi connectivity index (χ4v) is 4.19. The summed E-state index contributed by atoms with van der Waals surface area (Å²) in [5.74, 6) is -0.784. The Balaban J connectivity index is 1.83. The fraction of sp³-hybridized carbons (Fsp3) is 0.400. The highest BCUT2D eigenvalue weighted by Crippen LogP contribution is 2.41. The van der Waals surface area contributed by atoms with E-state index in [0.29, 0.717) is 26.1 Å². The van der Waals surface area contributed by atoms with Gasteiger partial charge in [-0.15, -0.1) is 0 Å². The molecular formula is C25H30N2O4. The van der Waals surface area contributed by atoms with Crippen molar-refractivity contribution in [1.82, 2.24) is 10.2 Å². The molecule has 6 heteroatoms. The van der Waals surface area contributed by atoms with E-state index in [0.717, 1.165) is 22.3 Å². The number of imide groups is 1. The average Bonchev–Trinajstić information content (AvgIpc) is 2.98. The number of carbonyl (C=O) groups is 3. The van der Waals surface area contributed by atoms with E-state index in [1.807, 2.05) is 62.4 Å². The molecule has 1 saturated heterocycles. The molecule has 3 rings (SSSR count). The predicted octanol–water partition coefficient (Wildman–Crippen LogP) is 3.04. The summed E-state index contributed by atoms with van der Waals surface area (Å²) in [6.07, 6.45) is 0.508. The zero-order chi connectivity index (χ0) is 22.4. The second-order valence-corrected chi connectivity index (χ2v) is 8.21. The number of methoxy groups -OCH3 is 1. The second-order valence-electron chi connectivity index (χ2n) is 8.21. The number of benzene rings is 2. The third-order valence-electron chi connectivity index (χ3n) is 5.87. The van der Waals surface area contributed by atoms with Crippen molar-refractivity contribution in [3.63, 3.8) is 0 Å². The Morgan fingerprint density at radius 3 is 2.48 bits per heavy atom. The zero-order valence-electron chi connectivity index (χ0n) is 18.4. The van der Waals surface area contributed by atoms with Crippen LogP contribution in [-0.4, -0.2) is 42.9 Å². The van der Waals surface area contributed by atoms with Gasteiger partial charge in [-0.1, -0.05) is 54.1 Å². The maximum absolute atomic E-state index is 13.5.